The van der Waals surface area contributed by atoms with Gasteiger partial charge in [-0.3, -0.25) is 4.98 Å². The molecular formula is C20H11FN2. The number of hydrogen-bond donors (Lipinski definition) is 0. The van der Waals surface area contributed by atoms with Gasteiger partial charge < -0.3 is 0 Å². The third-order valence-electron chi connectivity index (χ3n) is 4.00. The zero-order chi connectivity index (χ0) is 15.8. The zero-order valence-corrected chi connectivity index (χ0v) is 12.1. The summed E-state index contributed by atoms with van der Waals surface area (Å²) in [4.78, 5) is 4.46. The van der Waals surface area contributed by atoms with Gasteiger partial charge >= 0.3 is 0 Å². The molecule has 0 saturated heterocycles. The van der Waals surface area contributed by atoms with E-state index in [1.165, 1.54) is 12.1 Å². The highest BCUT2D eigenvalue weighted by molar-refractivity contribution is 6.12. The quantitative estimate of drug-likeness (QED) is 0.478. The number of nitrogens with zero attached hydrogens (tertiary/aromatic N) is 2. The van der Waals surface area contributed by atoms with E-state index < -0.39 is 0 Å². The van der Waals surface area contributed by atoms with Gasteiger partial charge in [0.1, 0.15) is 11.9 Å². The number of hydrogen-bond acceptors (Lipinski definition) is 2. The molecule has 0 fully saturated rings. The molecule has 108 valence electrons. The summed E-state index contributed by atoms with van der Waals surface area (Å²) in [5, 5.41) is 9.73. The van der Waals surface area contributed by atoms with Crippen LogP contribution in [0.4, 0.5) is 4.39 Å². The van der Waals surface area contributed by atoms with Crippen LogP contribution in [0.1, 0.15) is 16.7 Å². The summed E-state index contributed by atoms with van der Waals surface area (Å²) in [7, 11) is 0. The molecule has 0 spiro atoms. The van der Waals surface area contributed by atoms with E-state index in [4.69, 9.17) is 0 Å². The van der Waals surface area contributed by atoms with Crippen LogP contribution in [0.25, 0.3) is 22.4 Å². The molecule has 2 aromatic carbocycles. The molecular weight excluding hydrogens is 287 g/mol. The van der Waals surface area contributed by atoms with Crippen molar-refractivity contribution in [2.45, 2.75) is 0 Å². The van der Waals surface area contributed by atoms with Crippen molar-refractivity contribution in [1.29, 1.82) is 5.26 Å². The Balaban J connectivity index is 2.09. The summed E-state index contributed by atoms with van der Waals surface area (Å²) in [6.07, 6.45) is 1.74. The molecule has 3 aromatic rings. The number of pyridine rings is 1. The van der Waals surface area contributed by atoms with Crippen molar-refractivity contribution in [2.24, 2.45) is 0 Å². The SMILES string of the molecule is N#C/C(=C1\c2ccccc2-c2ncccc21)c1cccc(F)c1. The summed E-state index contributed by atoms with van der Waals surface area (Å²) >= 11 is 0. The van der Waals surface area contributed by atoms with Crippen LogP contribution in [-0.4, -0.2) is 4.98 Å². The monoisotopic (exact) mass is 298 g/mol. The lowest BCUT2D eigenvalue weighted by atomic mass is 9.94. The largest absolute Gasteiger partial charge is 0.256 e. The molecule has 0 unspecified atom stereocenters. The minimum Gasteiger partial charge on any atom is -0.256 e. The highest BCUT2D eigenvalue weighted by atomic mass is 19.1. The van der Waals surface area contributed by atoms with Gasteiger partial charge in [-0.25, -0.2) is 4.39 Å². The molecule has 0 saturated carbocycles. The molecule has 1 heterocycles. The van der Waals surface area contributed by atoms with Crippen LogP contribution in [-0.2, 0) is 0 Å². The molecule has 1 aliphatic rings. The Kier molecular flexibility index (Phi) is 3.03. The summed E-state index contributed by atoms with van der Waals surface area (Å²) in [5.41, 5.74) is 5.59. The zero-order valence-electron chi connectivity index (χ0n) is 12.1. The third kappa shape index (κ3) is 2.04. The Labute approximate surface area is 133 Å². The van der Waals surface area contributed by atoms with Gasteiger partial charge in [0.25, 0.3) is 0 Å². The van der Waals surface area contributed by atoms with Crippen LogP contribution in [0, 0.1) is 17.1 Å². The predicted molar refractivity (Wildman–Crippen MR) is 87.6 cm³/mol. The summed E-state index contributed by atoms with van der Waals surface area (Å²) in [6.45, 7) is 0. The molecule has 0 N–H and O–H groups in total. The Morgan fingerprint density at radius 2 is 1.70 bits per heavy atom. The Hall–Kier alpha value is -3.25. The normalized spacial score (nSPS) is 13.9. The molecule has 3 heteroatoms. The first-order valence-corrected chi connectivity index (χ1v) is 7.25. The molecule has 0 radical (unpaired) electrons. The second-order valence-electron chi connectivity index (χ2n) is 5.32. The molecule has 4 rings (SSSR count). The van der Waals surface area contributed by atoms with E-state index in [2.05, 4.69) is 11.1 Å². The number of rotatable bonds is 1. The number of allylic oxidation sites excluding steroid dienone is 1. The van der Waals surface area contributed by atoms with Gasteiger partial charge in [-0.15, -0.1) is 0 Å². The number of halogens is 1. The lowest BCUT2D eigenvalue weighted by molar-refractivity contribution is 0.627. The minimum absolute atomic E-state index is 0.353. The van der Waals surface area contributed by atoms with Crippen molar-refractivity contribution < 1.29 is 4.39 Å². The number of nitriles is 1. The van der Waals surface area contributed by atoms with E-state index >= 15 is 0 Å². The first kappa shape index (κ1) is 13.4. The fourth-order valence-corrected chi connectivity index (χ4v) is 3.05. The standard InChI is InChI=1S/C20H11FN2/c21-14-6-3-5-13(11-14)18(12-22)19-15-7-1-2-8-16(15)20-17(19)9-4-10-23-20/h1-11H/b19-18-. The minimum atomic E-state index is -0.353. The maximum atomic E-state index is 13.6. The van der Waals surface area contributed by atoms with Crippen molar-refractivity contribution in [3.8, 4) is 17.3 Å². The van der Waals surface area contributed by atoms with E-state index in [1.807, 2.05) is 36.4 Å². The average Bonchev–Trinajstić information content (AvgIpc) is 2.91. The lowest BCUT2D eigenvalue weighted by Gasteiger charge is -2.07. The van der Waals surface area contributed by atoms with E-state index in [0.717, 1.165) is 28.0 Å². The second-order valence-corrected chi connectivity index (χ2v) is 5.32. The predicted octanol–water partition coefficient (Wildman–Crippen LogP) is 4.68. The van der Waals surface area contributed by atoms with Crippen molar-refractivity contribution >= 4 is 11.1 Å². The van der Waals surface area contributed by atoms with Gasteiger partial charge in [0, 0.05) is 22.9 Å². The fraction of sp³-hybridized carbons (Fsp3) is 0. The summed E-state index contributed by atoms with van der Waals surface area (Å²) < 4.78 is 13.6. The van der Waals surface area contributed by atoms with Crippen molar-refractivity contribution in [1.82, 2.24) is 4.98 Å². The van der Waals surface area contributed by atoms with E-state index in [0.29, 0.717) is 11.1 Å². The number of fused-ring (bicyclic) bond motifs is 3. The van der Waals surface area contributed by atoms with Crippen LogP contribution >= 0.6 is 0 Å². The smallest absolute Gasteiger partial charge is 0.123 e. The van der Waals surface area contributed by atoms with Crippen molar-refractivity contribution in [2.75, 3.05) is 0 Å². The van der Waals surface area contributed by atoms with Gasteiger partial charge in [-0.2, -0.15) is 5.26 Å². The molecule has 1 aliphatic carbocycles. The van der Waals surface area contributed by atoms with E-state index in [-0.39, 0.29) is 5.82 Å². The van der Waals surface area contributed by atoms with Crippen molar-refractivity contribution in [3.63, 3.8) is 0 Å². The molecule has 0 atom stereocenters. The Bertz CT molecular complexity index is 949. The van der Waals surface area contributed by atoms with Crippen LogP contribution in [0.2, 0.25) is 0 Å². The van der Waals surface area contributed by atoms with Crippen LogP contribution in [0.15, 0.2) is 66.9 Å². The molecule has 0 bridgehead atoms. The highest BCUT2D eigenvalue weighted by Gasteiger charge is 2.27. The molecule has 0 aliphatic heterocycles. The third-order valence-corrected chi connectivity index (χ3v) is 4.00. The maximum Gasteiger partial charge on any atom is 0.123 e. The van der Waals surface area contributed by atoms with E-state index in [9.17, 15) is 9.65 Å². The Morgan fingerprint density at radius 3 is 2.48 bits per heavy atom. The number of aromatic nitrogens is 1. The van der Waals surface area contributed by atoms with Gasteiger partial charge in [0.15, 0.2) is 0 Å². The fourth-order valence-electron chi connectivity index (χ4n) is 3.05. The lowest BCUT2D eigenvalue weighted by Crippen LogP contribution is -1.91. The molecule has 2 nitrogen and oxygen atoms in total. The first-order chi connectivity index (χ1) is 11.3. The van der Waals surface area contributed by atoms with Crippen LogP contribution in [0.3, 0.4) is 0 Å². The summed E-state index contributed by atoms with van der Waals surface area (Å²) in [6, 6.07) is 20.1. The van der Waals surface area contributed by atoms with Gasteiger partial charge in [-0.1, -0.05) is 42.5 Å². The van der Waals surface area contributed by atoms with Crippen LogP contribution < -0.4 is 0 Å². The molecule has 0 amide bonds. The highest BCUT2D eigenvalue weighted by Crippen LogP contribution is 2.45. The van der Waals surface area contributed by atoms with Gasteiger partial charge in [-0.05, 0) is 29.3 Å². The van der Waals surface area contributed by atoms with Crippen molar-refractivity contribution in [3.05, 3.63) is 89.4 Å². The van der Waals surface area contributed by atoms with E-state index in [1.54, 1.807) is 18.3 Å². The average molecular weight is 298 g/mol. The second kappa shape index (κ2) is 5.19. The van der Waals surface area contributed by atoms with Crippen LogP contribution in [0.5, 0.6) is 0 Å². The number of benzene rings is 2. The topological polar surface area (TPSA) is 36.7 Å². The molecule has 1 aromatic heterocycles. The Morgan fingerprint density at radius 1 is 0.913 bits per heavy atom. The molecule has 23 heavy (non-hydrogen) atoms. The summed E-state index contributed by atoms with van der Waals surface area (Å²) in [5.74, 6) is -0.353. The first-order valence-electron chi connectivity index (χ1n) is 7.25. The van der Waals surface area contributed by atoms with Gasteiger partial charge in [0.2, 0.25) is 0 Å². The van der Waals surface area contributed by atoms with Gasteiger partial charge in [0.05, 0.1) is 11.3 Å². The maximum absolute atomic E-state index is 13.6.